The number of carbonyl (C=O) groups excluding carboxylic acids is 1. The number of aromatic nitrogens is 1. The number of nitrogens with one attached hydrogen (secondary N) is 1. The van der Waals surface area contributed by atoms with Gasteiger partial charge in [-0.1, -0.05) is 36.4 Å². The zero-order chi connectivity index (χ0) is 12.5. The lowest BCUT2D eigenvalue weighted by molar-refractivity contribution is 0.104. The zero-order valence-corrected chi connectivity index (χ0v) is 9.48. The molecule has 18 heavy (non-hydrogen) atoms. The fraction of sp³-hybridized carbons (Fsp3) is 0. The molecule has 3 aromatic rings. The summed E-state index contributed by atoms with van der Waals surface area (Å²) in [6.45, 7) is 0. The van der Waals surface area contributed by atoms with Crippen molar-refractivity contribution in [1.82, 2.24) is 4.98 Å². The van der Waals surface area contributed by atoms with E-state index in [2.05, 4.69) is 4.98 Å². The Labute approximate surface area is 103 Å². The molecule has 0 aliphatic rings. The van der Waals surface area contributed by atoms with Gasteiger partial charge in [0.05, 0.1) is 5.56 Å². The fourth-order valence-electron chi connectivity index (χ4n) is 2.06. The second kappa shape index (κ2) is 4.11. The van der Waals surface area contributed by atoms with Crippen molar-refractivity contribution in [2.75, 3.05) is 0 Å². The Kier molecular flexibility index (Phi) is 2.45. The van der Waals surface area contributed by atoms with E-state index in [9.17, 15) is 9.18 Å². The highest BCUT2D eigenvalue weighted by Gasteiger charge is 2.16. The Hall–Kier alpha value is -2.42. The van der Waals surface area contributed by atoms with Crippen LogP contribution in [-0.2, 0) is 0 Å². The number of hydrogen-bond acceptors (Lipinski definition) is 1. The van der Waals surface area contributed by atoms with E-state index in [0.29, 0.717) is 22.0 Å². The first-order valence-corrected chi connectivity index (χ1v) is 5.63. The predicted molar refractivity (Wildman–Crippen MR) is 68.1 cm³/mol. The van der Waals surface area contributed by atoms with Crippen LogP contribution in [0.4, 0.5) is 4.39 Å². The summed E-state index contributed by atoms with van der Waals surface area (Å²) in [6.07, 6.45) is 1.56. The number of halogens is 1. The first-order valence-electron chi connectivity index (χ1n) is 5.63. The molecule has 1 aromatic heterocycles. The van der Waals surface area contributed by atoms with Gasteiger partial charge in [-0.2, -0.15) is 0 Å². The van der Waals surface area contributed by atoms with Crippen molar-refractivity contribution in [2.24, 2.45) is 0 Å². The van der Waals surface area contributed by atoms with E-state index in [1.165, 1.54) is 6.07 Å². The number of H-pyrrole nitrogens is 1. The van der Waals surface area contributed by atoms with Crippen LogP contribution in [-0.4, -0.2) is 10.8 Å². The molecule has 3 rings (SSSR count). The number of rotatable bonds is 2. The van der Waals surface area contributed by atoms with Crippen LogP contribution in [0.5, 0.6) is 0 Å². The third-order valence-electron chi connectivity index (χ3n) is 2.94. The second-order valence-electron chi connectivity index (χ2n) is 4.06. The van der Waals surface area contributed by atoms with Crippen LogP contribution in [0.3, 0.4) is 0 Å². The van der Waals surface area contributed by atoms with Crippen molar-refractivity contribution in [2.45, 2.75) is 0 Å². The molecular weight excluding hydrogens is 229 g/mol. The smallest absolute Gasteiger partial charge is 0.195 e. The van der Waals surface area contributed by atoms with E-state index in [4.69, 9.17) is 0 Å². The summed E-state index contributed by atoms with van der Waals surface area (Å²) in [6, 6.07) is 13.6. The van der Waals surface area contributed by atoms with Crippen LogP contribution in [0.2, 0.25) is 0 Å². The Balaban J connectivity index is 2.19. The lowest BCUT2D eigenvalue weighted by Crippen LogP contribution is -2.00. The molecule has 1 N–H and O–H groups in total. The maximum absolute atomic E-state index is 13.8. The minimum absolute atomic E-state index is 0.174. The standard InChI is InChI=1S/C15H10FNO/c16-12-7-4-8-13-14(12)11(9-17-13)15(18)10-5-2-1-3-6-10/h1-9,17H. The number of hydrogen-bond donors (Lipinski definition) is 1. The van der Waals surface area contributed by atoms with Gasteiger partial charge in [-0.15, -0.1) is 0 Å². The quantitative estimate of drug-likeness (QED) is 0.682. The SMILES string of the molecule is O=C(c1ccccc1)c1c[nH]c2cccc(F)c12. The molecule has 2 aromatic carbocycles. The van der Waals surface area contributed by atoms with E-state index in [0.717, 1.165) is 0 Å². The third kappa shape index (κ3) is 1.61. The van der Waals surface area contributed by atoms with Crippen LogP contribution in [0.25, 0.3) is 10.9 Å². The van der Waals surface area contributed by atoms with Gasteiger partial charge >= 0.3 is 0 Å². The average molecular weight is 239 g/mol. The number of ketones is 1. The van der Waals surface area contributed by atoms with E-state index in [1.54, 1.807) is 42.6 Å². The van der Waals surface area contributed by atoms with Crippen LogP contribution in [0, 0.1) is 5.82 Å². The zero-order valence-electron chi connectivity index (χ0n) is 9.48. The van der Waals surface area contributed by atoms with Crippen LogP contribution in [0.1, 0.15) is 15.9 Å². The average Bonchev–Trinajstić information content (AvgIpc) is 2.84. The maximum atomic E-state index is 13.8. The van der Waals surface area contributed by atoms with E-state index in [-0.39, 0.29) is 11.6 Å². The topological polar surface area (TPSA) is 32.9 Å². The minimum atomic E-state index is -0.381. The van der Waals surface area contributed by atoms with Crippen molar-refractivity contribution in [3.8, 4) is 0 Å². The molecule has 2 nitrogen and oxygen atoms in total. The summed E-state index contributed by atoms with van der Waals surface area (Å²) in [5.74, 6) is -0.556. The van der Waals surface area contributed by atoms with E-state index >= 15 is 0 Å². The molecule has 0 fully saturated rings. The van der Waals surface area contributed by atoms with Crippen molar-refractivity contribution in [3.05, 3.63) is 71.7 Å². The Bertz CT molecular complexity index is 716. The van der Waals surface area contributed by atoms with Gasteiger partial charge in [0.1, 0.15) is 5.82 Å². The Morgan fingerprint density at radius 1 is 1.00 bits per heavy atom. The van der Waals surface area contributed by atoms with Crippen LogP contribution >= 0.6 is 0 Å². The van der Waals surface area contributed by atoms with Crippen molar-refractivity contribution in [3.63, 3.8) is 0 Å². The van der Waals surface area contributed by atoms with Crippen molar-refractivity contribution >= 4 is 16.7 Å². The summed E-state index contributed by atoms with van der Waals surface area (Å²) in [7, 11) is 0. The summed E-state index contributed by atoms with van der Waals surface area (Å²) in [5, 5.41) is 0.353. The second-order valence-corrected chi connectivity index (χ2v) is 4.06. The molecule has 0 spiro atoms. The van der Waals surface area contributed by atoms with Gasteiger partial charge in [-0.25, -0.2) is 4.39 Å². The fourth-order valence-corrected chi connectivity index (χ4v) is 2.06. The Morgan fingerprint density at radius 3 is 2.56 bits per heavy atom. The highest BCUT2D eigenvalue weighted by molar-refractivity contribution is 6.16. The summed E-state index contributed by atoms with van der Waals surface area (Å²) < 4.78 is 13.8. The van der Waals surface area contributed by atoms with Gasteiger partial charge < -0.3 is 4.98 Å². The van der Waals surface area contributed by atoms with E-state index < -0.39 is 0 Å². The van der Waals surface area contributed by atoms with Gasteiger partial charge in [-0.3, -0.25) is 4.79 Å². The predicted octanol–water partition coefficient (Wildman–Crippen LogP) is 3.54. The first kappa shape index (κ1) is 10.7. The number of aromatic amines is 1. The molecule has 0 unspecified atom stereocenters. The maximum Gasteiger partial charge on any atom is 0.195 e. The van der Waals surface area contributed by atoms with Crippen molar-refractivity contribution < 1.29 is 9.18 Å². The van der Waals surface area contributed by atoms with Gasteiger partial charge in [0, 0.05) is 22.7 Å². The molecule has 0 aliphatic carbocycles. The van der Waals surface area contributed by atoms with E-state index in [1.807, 2.05) is 6.07 Å². The van der Waals surface area contributed by atoms with Gasteiger partial charge in [0.25, 0.3) is 0 Å². The molecule has 0 aliphatic heterocycles. The molecule has 0 amide bonds. The molecule has 0 saturated carbocycles. The molecule has 0 saturated heterocycles. The summed E-state index contributed by atoms with van der Waals surface area (Å²) in [4.78, 5) is 15.2. The van der Waals surface area contributed by atoms with Crippen LogP contribution < -0.4 is 0 Å². The number of benzene rings is 2. The molecule has 0 radical (unpaired) electrons. The third-order valence-corrected chi connectivity index (χ3v) is 2.94. The molecule has 0 bridgehead atoms. The van der Waals surface area contributed by atoms with Crippen LogP contribution in [0.15, 0.2) is 54.7 Å². The van der Waals surface area contributed by atoms with Crippen molar-refractivity contribution in [1.29, 1.82) is 0 Å². The van der Waals surface area contributed by atoms with Gasteiger partial charge in [-0.05, 0) is 12.1 Å². The van der Waals surface area contributed by atoms with Gasteiger partial charge in [0.2, 0.25) is 0 Å². The number of fused-ring (bicyclic) bond motifs is 1. The summed E-state index contributed by atoms with van der Waals surface area (Å²) >= 11 is 0. The monoisotopic (exact) mass is 239 g/mol. The lowest BCUT2D eigenvalue weighted by atomic mass is 10.0. The highest BCUT2D eigenvalue weighted by atomic mass is 19.1. The minimum Gasteiger partial charge on any atom is -0.360 e. The molecular formula is C15H10FNO. The number of carbonyl (C=O) groups is 1. The summed E-state index contributed by atoms with van der Waals surface area (Å²) in [5.41, 5.74) is 1.56. The van der Waals surface area contributed by atoms with Gasteiger partial charge in [0.15, 0.2) is 5.78 Å². The lowest BCUT2D eigenvalue weighted by Gasteiger charge is -2.00. The molecule has 0 atom stereocenters. The molecule has 3 heteroatoms. The first-order chi connectivity index (χ1) is 8.77. The molecule has 88 valence electrons. The Morgan fingerprint density at radius 2 is 1.78 bits per heavy atom. The highest BCUT2D eigenvalue weighted by Crippen LogP contribution is 2.23. The molecule has 1 heterocycles. The largest absolute Gasteiger partial charge is 0.360 e. The normalized spacial score (nSPS) is 10.7.